The summed E-state index contributed by atoms with van der Waals surface area (Å²) in [4.78, 5) is 0. The molecule has 1 N–H and O–H groups in total. The van der Waals surface area contributed by atoms with Crippen molar-refractivity contribution in [2.45, 2.75) is 42.1 Å². The van der Waals surface area contributed by atoms with Crippen LogP contribution in [0, 0.1) is 0 Å². The zero-order valence-corrected chi connectivity index (χ0v) is 13.1. The van der Waals surface area contributed by atoms with Gasteiger partial charge in [-0.1, -0.05) is 19.1 Å². The van der Waals surface area contributed by atoms with Crippen molar-refractivity contribution in [2.75, 3.05) is 12.8 Å². The van der Waals surface area contributed by atoms with Gasteiger partial charge in [0.05, 0.1) is 5.69 Å². The lowest BCUT2D eigenvalue weighted by atomic mass is 10.1. The van der Waals surface area contributed by atoms with Gasteiger partial charge in [0, 0.05) is 47.2 Å². The van der Waals surface area contributed by atoms with Crippen molar-refractivity contribution in [3.63, 3.8) is 0 Å². The monoisotopic (exact) mass is 286 g/mol. The maximum Gasteiger partial charge on any atom is 0.0842 e. The van der Waals surface area contributed by atoms with Crippen LogP contribution in [0.4, 0.5) is 0 Å². The molecule has 1 fully saturated rings. The van der Waals surface area contributed by atoms with Gasteiger partial charge >= 0.3 is 0 Å². The van der Waals surface area contributed by atoms with Gasteiger partial charge in [-0.05, 0) is 7.05 Å². The summed E-state index contributed by atoms with van der Waals surface area (Å²) in [7, 11) is 3.97. The molecule has 2 rings (SSSR count). The third kappa shape index (κ3) is 3.42. The summed E-state index contributed by atoms with van der Waals surface area (Å²) < 4.78 is 1.77. The predicted octanol–water partition coefficient (Wildman–Crippen LogP) is 1.57. The Morgan fingerprint density at radius 2 is 2.28 bits per heavy atom. The Balaban J connectivity index is 1.96. The molecule has 102 valence electrons. The second kappa shape index (κ2) is 6.30. The Morgan fingerprint density at radius 1 is 1.50 bits per heavy atom. The standard InChI is InChI=1S/C12H22N4S2/c1-8-9(2)18-12(7-17-8)11(13-3)5-10-6-16(4)15-14-10/h6,8-9,11-13H,5,7H2,1-4H3. The first kappa shape index (κ1) is 14.2. The highest BCUT2D eigenvalue weighted by atomic mass is 32.2. The second-order valence-corrected chi connectivity index (χ2v) is 7.93. The van der Waals surface area contributed by atoms with Crippen LogP contribution in [0.25, 0.3) is 0 Å². The minimum absolute atomic E-state index is 0.481. The van der Waals surface area contributed by atoms with Crippen LogP contribution >= 0.6 is 23.5 Å². The van der Waals surface area contributed by atoms with Crippen LogP contribution in [0.2, 0.25) is 0 Å². The summed E-state index contributed by atoms with van der Waals surface area (Å²) in [6, 6.07) is 0.481. The third-order valence-corrected chi connectivity index (χ3v) is 7.02. The zero-order valence-electron chi connectivity index (χ0n) is 11.5. The molecular formula is C12H22N4S2. The molecule has 0 amide bonds. The highest BCUT2D eigenvalue weighted by molar-refractivity contribution is 8.07. The van der Waals surface area contributed by atoms with Crippen molar-refractivity contribution in [1.82, 2.24) is 20.3 Å². The number of likely N-dealkylation sites (N-methyl/N-ethyl adjacent to an activating group) is 1. The highest BCUT2D eigenvalue weighted by Gasteiger charge is 2.30. The Morgan fingerprint density at radius 3 is 2.83 bits per heavy atom. The van der Waals surface area contributed by atoms with Gasteiger partial charge in [-0.25, -0.2) is 0 Å². The molecule has 0 aromatic carbocycles. The molecule has 2 heterocycles. The minimum atomic E-state index is 0.481. The Hall–Kier alpha value is -0.200. The molecule has 4 unspecified atom stereocenters. The molecule has 6 heteroatoms. The minimum Gasteiger partial charge on any atom is -0.315 e. The lowest BCUT2D eigenvalue weighted by Crippen LogP contribution is -2.43. The second-order valence-electron chi connectivity index (χ2n) is 4.90. The molecule has 1 aliphatic rings. The number of nitrogens with one attached hydrogen (secondary N) is 1. The number of hydrogen-bond acceptors (Lipinski definition) is 5. The Labute approximate surface area is 118 Å². The first-order valence-corrected chi connectivity index (χ1v) is 8.39. The van der Waals surface area contributed by atoms with E-state index in [9.17, 15) is 0 Å². The molecule has 0 radical (unpaired) electrons. The van der Waals surface area contributed by atoms with Gasteiger partial charge in [-0.2, -0.15) is 23.5 Å². The van der Waals surface area contributed by atoms with Gasteiger partial charge < -0.3 is 5.32 Å². The predicted molar refractivity (Wildman–Crippen MR) is 80.3 cm³/mol. The number of nitrogens with zero attached hydrogens (tertiary/aromatic N) is 3. The van der Waals surface area contributed by atoms with Crippen molar-refractivity contribution in [2.24, 2.45) is 7.05 Å². The number of aromatic nitrogens is 3. The smallest absolute Gasteiger partial charge is 0.0842 e. The molecule has 0 saturated carbocycles. The SMILES string of the molecule is CNC(Cc1cn(C)nn1)C1CSC(C)C(C)S1. The van der Waals surface area contributed by atoms with Gasteiger partial charge in [-0.3, -0.25) is 4.68 Å². The normalized spacial score (nSPS) is 30.3. The van der Waals surface area contributed by atoms with E-state index in [-0.39, 0.29) is 0 Å². The molecule has 1 saturated heterocycles. The van der Waals surface area contributed by atoms with Gasteiger partial charge in [-0.15, -0.1) is 5.10 Å². The fourth-order valence-corrected chi connectivity index (χ4v) is 5.32. The number of rotatable bonds is 4. The molecular weight excluding hydrogens is 264 g/mol. The summed E-state index contributed by atoms with van der Waals surface area (Å²) in [6.07, 6.45) is 2.97. The van der Waals surface area contributed by atoms with Crippen LogP contribution in [0.1, 0.15) is 19.5 Å². The van der Waals surface area contributed by atoms with E-state index in [2.05, 4.69) is 60.0 Å². The van der Waals surface area contributed by atoms with Gasteiger partial charge in [0.25, 0.3) is 0 Å². The number of hydrogen-bond donors (Lipinski definition) is 1. The number of aryl methyl sites for hydroxylation is 1. The van der Waals surface area contributed by atoms with Crippen molar-refractivity contribution in [3.8, 4) is 0 Å². The van der Waals surface area contributed by atoms with Crippen LogP contribution in [-0.2, 0) is 13.5 Å². The van der Waals surface area contributed by atoms with Crippen LogP contribution in [0.15, 0.2) is 6.20 Å². The van der Waals surface area contributed by atoms with E-state index in [1.165, 1.54) is 5.75 Å². The first-order valence-electron chi connectivity index (χ1n) is 6.39. The zero-order chi connectivity index (χ0) is 13.1. The lowest BCUT2D eigenvalue weighted by Gasteiger charge is -2.35. The summed E-state index contributed by atoms with van der Waals surface area (Å²) in [5.74, 6) is 1.22. The Bertz CT molecular complexity index is 382. The van der Waals surface area contributed by atoms with E-state index in [1.54, 1.807) is 4.68 Å². The van der Waals surface area contributed by atoms with E-state index in [4.69, 9.17) is 0 Å². The van der Waals surface area contributed by atoms with Crippen LogP contribution in [-0.4, -0.2) is 49.6 Å². The fourth-order valence-electron chi connectivity index (χ4n) is 2.15. The van der Waals surface area contributed by atoms with Crippen LogP contribution in [0.3, 0.4) is 0 Å². The van der Waals surface area contributed by atoms with Crippen molar-refractivity contribution < 1.29 is 0 Å². The van der Waals surface area contributed by atoms with Crippen molar-refractivity contribution >= 4 is 23.5 Å². The molecule has 18 heavy (non-hydrogen) atoms. The molecule has 0 bridgehead atoms. The average Bonchev–Trinajstić information content (AvgIpc) is 2.75. The lowest BCUT2D eigenvalue weighted by molar-refractivity contribution is 0.547. The van der Waals surface area contributed by atoms with Crippen LogP contribution < -0.4 is 5.32 Å². The van der Waals surface area contributed by atoms with E-state index in [0.29, 0.717) is 11.3 Å². The largest absolute Gasteiger partial charge is 0.315 e. The van der Waals surface area contributed by atoms with Crippen molar-refractivity contribution in [1.29, 1.82) is 0 Å². The maximum absolute atomic E-state index is 4.19. The van der Waals surface area contributed by atoms with Gasteiger partial charge in [0.15, 0.2) is 0 Å². The fraction of sp³-hybridized carbons (Fsp3) is 0.833. The molecule has 1 aromatic rings. The molecule has 1 aliphatic heterocycles. The van der Waals surface area contributed by atoms with Crippen molar-refractivity contribution in [3.05, 3.63) is 11.9 Å². The topological polar surface area (TPSA) is 42.7 Å². The van der Waals surface area contributed by atoms with Gasteiger partial charge in [0.2, 0.25) is 0 Å². The van der Waals surface area contributed by atoms with Crippen LogP contribution in [0.5, 0.6) is 0 Å². The molecule has 1 aromatic heterocycles. The van der Waals surface area contributed by atoms with E-state index < -0.39 is 0 Å². The van der Waals surface area contributed by atoms with E-state index >= 15 is 0 Å². The molecule has 4 atom stereocenters. The van der Waals surface area contributed by atoms with E-state index in [1.807, 2.05) is 13.2 Å². The summed E-state index contributed by atoms with van der Waals surface area (Å²) in [6.45, 7) is 4.67. The first-order chi connectivity index (χ1) is 8.60. The summed E-state index contributed by atoms with van der Waals surface area (Å²) in [5.41, 5.74) is 1.08. The highest BCUT2D eigenvalue weighted by Crippen LogP contribution is 2.37. The van der Waals surface area contributed by atoms with Gasteiger partial charge in [0.1, 0.15) is 0 Å². The summed E-state index contributed by atoms with van der Waals surface area (Å²) in [5, 5.41) is 13.8. The summed E-state index contributed by atoms with van der Waals surface area (Å²) >= 11 is 4.21. The third-order valence-electron chi connectivity index (χ3n) is 3.47. The quantitative estimate of drug-likeness (QED) is 0.910. The average molecular weight is 286 g/mol. The Kier molecular flexibility index (Phi) is 4.98. The molecule has 0 spiro atoms. The molecule has 4 nitrogen and oxygen atoms in total. The molecule has 0 aliphatic carbocycles. The number of thioether (sulfide) groups is 2. The van der Waals surface area contributed by atoms with E-state index in [0.717, 1.165) is 22.6 Å². The maximum atomic E-state index is 4.19.